The molecule has 1 amide bonds. The monoisotopic (exact) mass is 448 g/mol. The Morgan fingerprint density at radius 2 is 1.70 bits per heavy atom. The van der Waals surface area contributed by atoms with E-state index in [0.29, 0.717) is 17.4 Å². The van der Waals surface area contributed by atoms with Gasteiger partial charge in [0, 0.05) is 24.4 Å². The number of hydrogen-bond donors (Lipinski definition) is 3. The van der Waals surface area contributed by atoms with Gasteiger partial charge in [0.25, 0.3) is 0 Å². The molecule has 4 bridgehead atoms. The van der Waals surface area contributed by atoms with Gasteiger partial charge < -0.3 is 15.2 Å². The van der Waals surface area contributed by atoms with Crippen LogP contribution in [0.4, 0.5) is 0 Å². The number of aryl methyl sites for hydroxylation is 1. The second kappa shape index (κ2) is 8.65. The highest BCUT2D eigenvalue weighted by molar-refractivity contribution is 7.80. The van der Waals surface area contributed by atoms with Crippen molar-refractivity contribution in [2.75, 3.05) is 7.05 Å². The van der Waals surface area contributed by atoms with Crippen molar-refractivity contribution in [2.45, 2.75) is 57.0 Å². The van der Waals surface area contributed by atoms with Gasteiger partial charge in [-0.15, -0.1) is 0 Å². The minimum atomic E-state index is -2.60. The summed E-state index contributed by atoms with van der Waals surface area (Å²) in [5, 5.41) is 6.18. The van der Waals surface area contributed by atoms with Crippen LogP contribution in [-0.2, 0) is 21.6 Å². The fourth-order valence-corrected chi connectivity index (χ4v) is 7.17. The number of amides is 1. The summed E-state index contributed by atoms with van der Waals surface area (Å²) in [6.45, 7) is 1.96. The van der Waals surface area contributed by atoms with Crippen LogP contribution in [0.3, 0.4) is 0 Å². The summed E-state index contributed by atoms with van der Waals surface area (Å²) in [5.41, 5.74) is 0.377. The standard InChI is InChI=1S/C22H31N3O3S2/c1-13-3-5-18(6-4-13)22(21(29)23-2,25-30(27)28)12-19(26)24-20-16-8-14-7-15(10-16)11-17(20)9-14/h3-6,14-17,20,25H,7-12H2,1-2H3,(H,23,29)(H,24,26)(H,27,28)/p-1. The summed E-state index contributed by atoms with van der Waals surface area (Å²) in [6, 6.07) is 7.65. The zero-order valence-corrected chi connectivity index (χ0v) is 19.1. The van der Waals surface area contributed by atoms with Crippen molar-refractivity contribution in [3.05, 3.63) is 35.4 Å². The molecular formula is C22H30N3O3S2-. The Bertz CT molecular complexity index is 817. The van der Waals surface area contributed by atoms with E-state index in [9.17, 15) is 13.6 Å². The first-order valence-electron chi connectivity index (χ1n) is 10.8. The van der Waals surface area contributed by atoms with Gasteiger partial charge in [-0.05, 0) is 68.3 Å². The SMILES string of the molecule is CNC(=S)C(CC(=O)NC1C2CC3CC(C2)CC1C3)(NS(=O)[O-])c1ccc(C)cc1. The lowest BCUT2D eigenvalue weighted by Crippen LogP contribution is -2.59. The zero-order chi connectivity index (χ0) is 21.5. The molecule has 4 saturated carbocycles. The van der Waals surface area contributed by atoms with Crippen molar-refractivity contribution in [1.29, 1.82) is 0 Å². The molecule has 4 aliphatic carbocycles. The second-order valence-electron chi connectivity index (χ2n) is 9.39. The lowest BCUT2D eigenvalue weighted by Gasteiger charge is -2.54. The Balaban J connectivity index is 1.57. The molecule has 4 aliphatic rings. The predicted molar refractivity (Wildman–Crippen MR) is 120 cm³/mol. The van der Waals surface area contributed by atoms with E-state index >= 15 is 0 Å². The smallest absolute Gasteiger partial charge is 0.222 e. The van der Waals surface area contributed by atoms with Crippen LogP contribution >= 0.6 is 12.2 Å². The fourth-order valence-electron chi connectivity index (χ4n) is 6.29. The van der Waals surface area contributed by atoms with Crippen LogP contribution in [0.15, 0.2) is 24.3 Å². The molecule has 0 aliphatic heterocycles. The molecule has 30 heavy (non-hydrogen) atoms. The van der Waals surface area contributed by atoms with Crippen LogP contribution in [-0.4, -0.2) is 32.7 Å². The first-order valence-corrected chi connectivity index (χ1v) is 12.2. The average Bonchev–Trinajstić information content (AvgIpc) is 2.69. The Morgan fingerprint density at radius 1 is 1.13 bits per heavy atom. The molecule has 0 radical (unpaired) electrons. The molecule has 0 aromatic heterocycles. The summed E-state index contributed by atoms with van der Waals surface area (Å²) >= 11 is 2.92. The molecule has 164 valence electrons. The van der Waals surface area contributed by atoms with Crippen LogP contribution in [0.25, 0.3) is 0 Å². The Morgan fingerprint density at radius 3 is 2.20 bits per heavy atom. The first-order chi connectivity index (χ1) is 14.3. The number of carbonyl (C=O) groups excluding carboxylic acids is 1. The molecule has 0 heterocycles. The number of benzene rings is 1. The summed E-state index contributed by atoms with van der Waals surface area (Å²) in [4.78, 5) is 13.5. The van der Waals surface area contributed by atoms with Crippen molar-refractivity contribution in [1.82, 2.24) is 15.4 Å². The quantitative estimate of drug-likeness (QED) is 0.440. The predicted octanol–water partition coefficient (Wildman–Crippen LogP) is 2.45. The Kier molecular flexibility index (Phi) is 6.30. The fraction of sp³-hybridized carbons (Fsp3) is 0.636. The summed E-state index contributed by atoms with van der Waals surface area (Å²) in [5.74, 6) is 2.60. The maximum atomic E-state index is 13.3. The van der Waals surface area contributed by atoms with Crippen LogP contribution in [0.2, 0.25) is 0 Å². The summed E-state index contributed by atoms with van der Waals surface area (Å²) in [6.07, 6.45) is 6.11. The van der Waals surface area contributed by atoms with Crippen molar-refractivity contribution in [3.8, 4) is 0 Å². The molecule has 0 spiro atoms. The number of hydrogen-bond acceptors (Lipinski definition) is 4. The van der Waals surface area contributed by atoms with Crippen LogP contribution < -0.4 is 15.4 Å². The number of nitrogens with one attached hydrogen (secondary N) is 3. The Labute approximate surface area is 186 Å². The van der Waals surface area contributed by atoms with Crippen LogP contribution in [0, 0.1) is 30.6 Å². The van der Waals surface area contributed by atoms with Crippen LogP contribution in [0.1, 0.15) is 49.7 Å². The lowest BCUT2D eigenvalue weighted by molar-refractivity contribution is -0.125. The van der Waals surface area contributed by atoms with E-state index in [1.807, 2.05) is 31.2 Å². The van der Waals surface area contributed by atoms with Gasteiger partial charge in [0.1, 0.15) is 10.5 Å². The third kappa shape index (κ3) is 4.20. The molecule has 1 aromatic carbocycles. The largest absolute Gasteiger partial charge is 0.760 e. The van der Waals surface area contributed by atoms with Gasteiger partial charge in [0.15, 0.2) is 0 Å². The van der Waals surface area contributed by atoms with Crippen molar-refractivity contribution >= 4 is 34.4 Å². The van der Waals surface area contributed by atoms with E-state index in [-0.39, 0.29) is 23.4 Å². The first kappa shape index (κ1) is 21.9. The van der Waals surface area contributed by atoms with Gasteiger partial charge in [-0.25, -0.2) is 4.72 Å². The van der Waals surface area contributed by atoms with Crippen molar-refractivity contribution in [2.24, 2.45) is 23.7 Å². The second-order valence-corrected chi connectivity index (χ2v) is 10.5. The molecule has 3 N–H and O–H groups in total. The van der Waals surface area contributed by atoms with Crippen LogP contribution in [0.5, 0.6) is 0 Å². The van der Waals surface area contributed by atoms with E-state index in [0.717, 1.165) is 17.4 Å². The number of thiocarbonyl (C=S) groups is 1. The van der Waals surface area contributed by atoms with Gasteiger partial charge in [0.2, 0.25) is 5.91 Å². The third-order valence-electron chi connectivity index (χ3n) is 7.40. The maximum absolute atomic E-state index is 13.3. The normalized spacial score (nSPS) is 32.3. The summed E-state index contributed by atoms with van der Waals surface area (Å²) in [7, 11) is 1.65. The lowest BCUT2D eigenvalue weighted by atomic mass is 9.54. The third-order valence-corrected chi connectivity index (χ3v) is 8.46. The molecule has 2 unspecified atom stereocenters. The van der Waals surface area contributed by atoms with Crippen molar-refractivity contribution in [3.63, 3.8) is 0 Å². The molecule has 4 fully saturated rings. The highest BCUT2D eigenvalue weighted by Gasteiger charge is 2.49. The van der Waals surface area contributed by atoms with E-state index in [2.05, 4.69) is 15.4 Å². The molecular weight excluding hydrogens is 418 g/mol. The topological polar surface area (TPSA) is 93.3 Å². The summed E-state index contributed by atoms with van der Waals surface area (Å²) < 4.78 is 26.0. The van der Waals surface area contributed by atoms with E-state index in [1.54, 1.807) is 7.05 Å². The van der Waals surface area contributed by atoms with E-state index in [1.165, 1.54) is 32.1 Å². The van der Waals surface area contributed by atoms with E-state index < -0.39 is 16.8 Å². The van der Waals surface area contributed by atoms with Gasteiger partial charge in [0.05, 0.1) is 6.42 Å². The molecule has 6 nitrogen and oxygen atoms in total. The minimum Gasteiger partial charge on any atom is -0.760 e. The minimum absolute atomic E-state index is 0.0769. The molecule has 8 heteroatoms. The molecule has 1 aromatic rings. The number of rotatable bonds is 7. The van der Waals surface area contributed by atoms with E-state index in [4.69, 9.17) is 12.2 Å². The number of carbonyl (C=O) groups is 1. The number of likely N-dealkylation sites (N-methyl/N-ethyl adjacent to an activating group) is 1. The van der Waals surface area contributed by atoms with Crippen molar-refractivity contribution < 1.29 is 13.6 Å². The van der Waals surface area contributed by atoms with Gasteiger partial charge in [-0.3, -0.25) is 9.00 Å². The Hall–Kier alpha value is -1.35. The molecule has 2 atom stereocenters. The zero-order valence-electron chi connectivity index (χ0n) is 17.5. The highest BCUT2D eigenvalue weighted by atomic mass is 32.2. The van der Waals surface area contributed by atoms with Gasteiger partial charge >= 0.3 is 0 Å². The average molecular weight is 449 g/mol. The van der Waals surface area contributed by atoms with Gasteiger partial charge in [-0.1, -0.05) is 42.0 Å². The maximum Gasteiger partial charge on any atom is 0.222 e. The highest BCUT2D eigenvalue weighted by Crippen LogP contribution is 2.53. The van der Waals surface area contributed by atoms with Gasteiger partial charge in [-0.2, -0.15) is 0 Å². The molecule has 5 rings (SSSR count). The molecule has 0 saturated heterocycles.